The lowest BCUT2D eigenvalue weighted by atomic mass is 10.2. The Hall–Kier alpha value is -1.05. The lowest BCUT2D eigenvalue weighted by Gasteiger charge is -2.07. The van der Waals surface area contributed by atoms with Gasteiger partial charge >= 0.3 is 0 Å². The number of carbonyl (C=O) groups is 1. The fourth-order valence-corrected chi connectivity index (χ4v) is 1.78. The minimum Gasteiger partial charge on any atom is -0.392 e. The Morgan fingerprint density at radius 1 is 1.79 bits per heavy atom. The van der Waals surface area contributed by atoms with Crippen molar-refractivity contribution in [1.29, 1.82) is 0 Å². The molecule has 1 amide bonds. The van der Waals surface area contributed by atoms with Crippen LogP contribution >= 0.6 is 11.3 Å². The lowest BCUT2D eigenvalue weighted by Crippen LogP contribution is -2.35. The predicted octanol–water partition coefficient (Wildman–Crippen LogP) is -0.801. The normalized spacial score (nSPS) is 26.4. The van der Waals surface area contributed by atoms with Crippen LogP contribution in [0.15, 0.2) is 5.51 Å². The van der Waals surface area contributed by atoms with E-state index in [1.54, 1.807) is 5.51 Å². The monoisotopic (exact) mass is 214 g/mol. The zero-order valence-electron chi connectivity index (χ0n) is 7.30. The SMILES string of the molecule is O=C(Nc1nncs1)[C@H]1C[C@@H](O)CN1. The van der Waals surface area contributed by atoms with Gasteiger partial charge in [-0.25, -0.2) is 0 Å². The van der Waals surface area contributed by atoms with Crippen LogP contribution in [0.1, 0.15) is 6.42 Å². The summed E-state index contributed by atoms with van der Waals surface area (Å²) in [5.74, 6) is -0.168. The minimum absolute atomic E-state index is 0.168. The predicted molar refractivity (Wildman–Crippen MR) is 51.0 cm³/mol. The maximum Gasteiger partial charge on any atom is 0.243 e. The third-order valence-electron chi connectivity index (χ3n) is 2.01. The number of carbonyl (C=O) groups excluding carboxylic acids is 1. The molecular formula is C7H10N4O2S. The van der Waals surface area contributed by atoms with Gasteiger partial charge in [-0.3, -0.25) is 10.1 Å². The van der Waals surface area contributed by atoms with E-state index in [2.05, 4.69) is 20.8 Å². The Labute approximate surface area is 84.4 Å². The topological polar surface area (TPSA) is 87.1 Å². The van der Waals surface area contributed by atoms with Crippen molar-refractivity contribution in [2.24, 2.45) is 0 Å². The number of aliphatic hydroxyl groups excluding tert-OH is 1. The fourth-order valence-electron chi connectivity index (χ4n) is 1.34. The molecule has 14 heavy (non-hydrogen) atoms. The molecule has 0 saturated carbocycles. The quantitative estimate of drug-likeness (QED) is 0.600. The summed E-state index contributed by atoms with van der Waals surface area (Å²) in [6.07, 6.45) is 0.0186. The summed E-state index contributed by atoms with van der Waals surface area (Å²) >= 11 is 1.27. The molecule has 3 N–H and O–H groups in total. The third-order valence-corrected chi connectivity index (χ3v) is 2.62. The van der Waals surface area contributed by atoms with E-state index < -0.39 is 6.10 Å². The van der Waals surface area contributed by atoms with Gasteiger partial charge < -0.3 is 10.4 Å². The molecule has 0 spiro atoms. The van der Waals surface area contributed by atoms with Crippen LogP contribution < -0.4 is 10.6 Å². The molecule has 7 heteroatoms. The van der Waals surface area contributed by atoms with E-state index in [-0.39, 0.29) is 11.9 Å². The zero-order valence-corrected chi connectivity index (χ0v) is 8.12. The van der Waals surface area contributed by atoms with Crippen molar-refractivity contribution in [3.05, 3.63) is 5.51 Å². The molecule has 0 unspecified atom stereocenters. The fraction of sp³-hybridized carbons (Fsp3) is 0.571. The van der Waals surface area contributed by atoms with Gasteiger partial charge in [0.1, 0.15) is 5.51 Å². The number of aliphatic hydroxyl groups is 1. The summed E-state index contributed by atoms with van der Waals surface area (Å²) in [7, 11) is 0. The van der Waals surface area contributed by atoms with Gasteiger partial charge in [0.15, 0.2) is 0 Å². The molecule has 1 aliphatic rings. The van der Waals surface area contributed by atoms with E-state index in [0.717, 1.165) is 0 Å². The highest BCUT2D eigenvalue weighted by atomic mass is 32.1. The van der Waals surface area contributed by atoms with Crippen molar-refractivity contribution in [3.8, 4) is 0 Å². The summed E-state index contributed by atoms with van der Waals surface area (Å²) in [6.45, 7) is 0.466. The number of nitrogens with zero attached hydrogens (tertiary/aromatic N) is 2. The summed E-state index contributed by atoms with van der Waals surface area (Å²) < 4.78 is 0. The first kappa shape index (κ1) is 9.50. The van der Waals surface area contributed by atoms with Gasteiger partial charge in [-0.2, -0.15) is 0 Å². The Kier molecular flexibility index (Phi) is 2.71. The van der Waals surface area contributed by atoms with Crippen molar-refractivity contribution in [2.45, 2.75) is 18.6 Å². The molecule has 1 aliphatic heterocycles. The number of anilines is 1. The average molecular weight is 214 g/mol. The van der Waals surface area contributed by atoms with Gasteiger partial charge in [-0.15, -0.1) is 10.2 Å². The van der Waals surface area contributed by atoms with Gasteiger partial charge in [0.2, 0.25) is 11.0 Å². The van der Waals surface area contributed by atoms with Crippen LogP contribution in [0.4, 0.5) is 5.13 Å². The van der Waals surface area contributed by atoms with E-state index in [1.807, 2.05) is 0 Å². The second kappa shape index (κ2) is 3.99. The Morgan fingerprint density at radius 2 is 2.64 bits per heavy atom. The highest BCUT2D eigenvalue weighted by Gasteiger charge is 2.28. The van der Waals surface area contributed by atoms with Gasteiger partial charge in [0, 0.05) is 6.54 Å². The number of hydrogen-bond acceptors (Lipinski definition) is 6. The smallest absolute Gasteiger partial charge is 0.243 e. The van der Waals surface area contributed by atoms with Crippen LogP contribution in [-0.4, -0.2) is 39.9 Å². The van der Waals surface area contributed by atoms with Crippen molar-refractivity contribution >= 4 is 22.4 Å². The highest BCUT2D eigenvalue weighted by molar-refractivity contribution is 7.13. The van der Waals surface area contributed by atoms with E-state index in [4.69, 9.17) is 0 Å². The molecule has 1 saturated heterocycles. The molecule has 1 aromatic rings. The van der Waals surface area contributed by atoms with Crippen LogP contribution in [0.3, 0.4) is 0 Å². The Morgan fingerprint density at radius 3 is 3.21 bits per heavy atom. The maximum atomic E-state index is 11.5. The van der Waals surface area contributed by atoms with Gasteiger partial charge in [0.05, 0.1) is 12.1 Å². The molecule has 0 aromatic carbocycles. The number of aromatic nitrogens is 2. The first-order chi connectivity index (χ1) is 6.75. The van der Waals surface area contributed by atoms with Crippen molar-refractivity contribution in [3.63, 3.8) is 0 Å². The molecule has 6 nitrogen and oxygen atoms in total. The second-order valence-corrected chi connectivity index (χ2v) is 3.92. The lowest BCUT2D eigenvalue weighted by molar-refractivity contribution is -0.117. The standard InChI is InChI=1S/C7H10N4O2S/c12-4-1-5(8-2-4)6(13)10-7-11-9-3-14-7/h3-5,8,12H,1-2H2,(H,10,11,13)/t4-,5-/m1/s1. The number of hydrogen-bond donors (Lipinski definition) is 3. The number of nitrogens with one attached hydrogen (secondary N) is 2. The first-order valence-corrected chi connectivity index (χ1v) is 5.12. The number of rotatable bonds is 2. The molecule has 1 fully saturated rings. The van der Waals surface area contributed by atoms with Gasteiger partial charge in [0.25, 0.3) is 0 Å². The van der Waals surface area contributed by atoms with Crippen LogP contribution in [0.5, 0.6) is 0 Å². The molecule has 0 bridgehead atoms. The first-order valence-electron chi connectivity index (χ1n) is 4.24. The van der Waals surface area contributed by atoms with Crippen LogP contribution in [0.25, 0.3) is 0 Å². The van der Waals surface area contributed by atoms with Crippen LogP contribution in [0.2, 0.25) is 0 Å². The summed E-state index contributed by atoms with van der Waals surface area (Å²) in [6, 6.07) is -0.325. The summed E-state index contributed by atoms with van der Waals surface area (Å²) in [4.78, 5) is 11.5. The van der Waals surface area contributed by atoms with Gasteiger partial charge in [-0.1, -0.05) is 11.3 Å². The molecule has 2 rings (SSSR count). The van der Waals surface area contributed by atoms with Crippen LogP contribution in [-0.2, 0) is 4.79 Å². The molecular weight excluding hydrogens is 204 g/mol. The molecule has 2 atom stereocenters. The van der Waals surface area contributed by atoms with E-state index in [9.17, 15) is 9.90 Å². The third kappa shape index (κ3) is 2.06. The summed E-state index contributed by atoms with van der Waals surface area (Å²) in [5.41, 5.74) is 1.55. The van der Waals surface area contributed by atoms with E-state index in [1.165, 1.54) is 11.3 Å². The molecule has 0 radical (unpaired) electrons. The Balaban J connectivity index is 1.90. The molecule has 76 valence electrons. The molecule has 1 aromatic heterocycles. The Bertz CT molecular complexity index is 315. The molecule has 0 aliphatic carbocycles. The maximum absolute atomic E-state index is 11.5. The largest absolute Gasteiger partial charge is 0.392 e. The second-order valence-electron chi connectivity index (χ2n) is 3.08. The van der Waals surface area contributed by atoms with Crippen molar-refractivity contribution < 1.29 is 9.90 Å². The van der Waals surface area contributed by atoms with Crippen molar-refractivity contribution in [1.82, 2.24) is 15.5 Å². The highest BCUT2D eigenvalue weighted by Crippen LogP contribution is 2.12. The van der Waals surface area contributed by atoms with Crippen molar-refractivity contribution in [2.75, 3.05) is 11.9 Å². The average Bonchev–Trinajstić information content (AvgIpc) is 2.75. The summed E-state index contributed by atoms with van der Waals surface area (Å²) in [5, 5.41) is 22.5. The van der Waals surface area contributed by atoms with E-state index in [0.29, 0.717) is 18.1 Å². The number of β-amino-alcohol motifs (C(OH)–C–C–N with tert-alkyl or cyclic N) is 1. The number of amides is 1. The van der Waals surface area contributed by atoms with Crippen LogP contribution in [0, 0.1) is 0 Å². The van der Waals surface area contributed by atoms with E-state index >= 15 is 0 Å². The van der Waals surface area contributed by atoms with Gasteiger partial charge in [-0.05, 0) is 6.42 Å². The zero-order chi connectivity index (χ0) is 9.97. The minimum atomic E-state index is -0.430. The molecule has 2 heterocycles.